The molecule has 0 aromatic carbocycles. The summed E-state index contributed by atoms with van der Waals surface area (Å²) in [5, 5.41) is 4.13. The molecule has 1 aliphatic heterocycles. The number of anilines is 1. The first-order chi connectivity index (χ1) is 10.2. The van der Waals surface area contributed by atoms with E-state index in [-0.39, 0.29) is 0 Å². The van der Waals surface area contributed by atoms with E-state index in [0.717, 1.165) is 44.8 Å². The van der Waals surface area contributed by atoms with Gasteiger partial charge in [0, 0.05) is 52.3 Å². The number of rotatable bonds is 5. The molecule has 0 aliphatic carbocycles. The molecule has 0 atom stereocenters. The van der Waals surface area contributed by atoms with Crippen LogP contribution in [-0.2, 0) is 19.5 Å². The van der Waals surface area contributed by atoms with E-state index < -0.39 is 0 Å². The maximum atomic E-state index is 4.43. The van der Waals surface area contributed by atoms with E-state index in [2.05, 4.69) is 29.9 Å². The Morgan fingerprint density at radius 2 is 2.10 bits per heavy atom. The van der Waals surface area contributed by atoms with E-state index in [0.29, 0.717) is 0 Å². The number of aryl methyl sites for hydroxylation is 1. The van der Waals surface area contributed by atoms with Crippen molar-refractivity contribution < 1.29 is 0 Å². The fraction of sp³-hybridized carbons (Fsp3) is 0.571. The quantitative estimate of drug-likeness (QED) is 0.802. The highest BCUT2D eigenvalue weighted by Crippen LogP contribution is 2.24. The molecule has 0 N–H and O–H groups in total. The van der Waals surface area contributed by atoms with Gasteiger partial charge >= 0.3 is 0 Å². The third-order valence-corrected chi connectivity index (χ3v) is 3.81. The minimum Gasteiger partial charge on any atom is -0.362 e. The van der Waals surface area contributed by atoms with Gasteiger partial charge in [0.1, 0.15) is 24.8 Å². The monoisotopic (exact) mass is 287 g/mol. The number of hydrogen-bond donors (Lipinski definition) is 0. The van der Waals surface area contributed by atoms with Crippen LogP contribution >= 0.6 is 0 Å². The van der Waals surface area contributed by atoms with Crippen molar-refractivity contribution in [3.63, 3.8) is 0 Å². The molecular weight excluding hydrogens is 266 g/mol. The highest BCUT2D eigenvalue weighted by atomic mass is 15.3. The fourth-order valence-corrected chi connectivity index (χ4v) is 2.76. The lowest BCUT2D eigenvalue weighted by molar-refractivity contribution is 0.243. The van der Waals surface area contributed by atoms with E-state index >= 15 is 0 Å². The first-order valence-electron chi connectivity index (χ1n) is 7.29. The maximum absolute atomic E-state index is 4.43. The third-order valence-electron chi connectivity index (χ3n) is 3.81. The molecular formula is C14H21N7. The number of hydrogen-bond acceptors (Lipinski definition) is 6. The molecule has 0 saturated heterocycles. The van der Waals surface area contributed by atoms with Crippen LogP contribution in [-0.4, -0.2) is 56.8 Å². The Balaban J connectivity index is 1.61. The molecule has 0 bridgehead atoms. The normalized spacial score (nSPS) is 15.0. The molecule has 7 nitrogen and oxygen atoms in total. The predicted octanol–water partition coefficient (Wildman–Crippen LogP) is 0.582. The topological polar surface area (TPSA) is 63.0 Å². The summed E-state index contributed by atoms with van der Waals surface area (Å²) in [6.45, 7) is 3.96. The molecule has 0 amide bonds. The van der Waals surface area contributed by atoms with Gasteiger partial charge in [0.15, 0.2) is 0 Å². The van der Waals surface area contributed by atoms with Crippen molar-refractivity contribution >= 4 is 5.82 Å². The SMILES string of the molecule is CN(C)c1ncnc2c1CN(CCCn1cncn1)CC2. The second-order valence-corrected chi connectivity index (χ2v) is 5.56. The average Bonchev–Trinajstić information content (AvgIpc) is 2.99. The molecule has 2 aromatic rings. The van der Waals surface area contributed by atoms with Crippen LogP contribution in [0.4, 0.5) is 5.82 Å². The van der Waals surface area contributed by atoms with Crippen LogP contribution in [0.3, 0.4) is 0 Å². The summed E-state index contributed by atoms with van der Waals surface area (Å²) >= 11 is 0. The van der Waals surface area contributed by atoms with Crippen LogP contribution in [0.1, 0.15) is 17.7 Å². The van der Waals surface area contributed by atoms with Crippen LogP contribution in [0.2, 0.25) is 0 Å². The predicted molar refractivity (Wildman–Crippen MR) is 80.0 cm³/mol. The van der Waals surface area contributed by atoms with E-state index in [9.17, 15) is 0 Å². The van der Waals surface area contributed by atoms with Gasteiger partial charge in [-0.2, -0.15) is 5.10 Å². The van der Waals surface area contributed by atoms with Gasteiger partial charge in [-0.1, -0.05) is 0 Å². The summed E-state index contributed by atoms with van der Waals surface area (Å²) in [4.78, 5) is 17.3. The summed E-state index contributed by atoms with van der Waals surface area (Å²) in [6, 6.07) is 0. The van der Waals surface area contributed by atoms with Crippen molar-refractivity contribution in [1.29, 1.82) is 0 Å². The Hall–Kier alpha value is -2.02. The van der Waals surface area contributed by atoms with E-state index in [1.165, 1.54) is 11.3 Å². The third kappa shape index (κ3) is 3.18. The van der Waals surface area contributed by atoms with Crippen molar-refractivity contribution in [2.75, 3.05) is 32.1 Å². The molecule has 21 heavy (non-hydrogen) atoms. The van der Waals surface area contributed by atoms with Gasteiger partial charge in [-0.25, -0.2) is 15.0 Å². The summed E-state index contributed by atoms with van der Waals surface area (Å²) in [7, 11) is 4.07. The van der Waals surface area contributed by atoms with Gasteiger partial charge < -0.3 is 4.90 Å². The molecule has 1 aliphatic rings. The van der Waals surface area contributed by atoms with Gasteiger partial charge in [-0.05, 0) is 6.42 Å². The van der Waals surface area contributed by atoms with Crippen LogP contribution in [0.25, 0.3) is 0 Å². The highest BCUT2D eigenvalue weighted by Gasteiger charge is 2.21. The summed E-state index contributed by atoms with van der Waals surface area (Å²) in [5.41, 5.74) is 2.47. The molecule has 0 saturated carbocycles. The van der Waals surface area contributed by atoms with Crippen molar-refractivity contribution in [3.05, 3.63) is 30.2 Å². The fourth-order valence-electron chi connectivity index (χ4n) is 2.76. The minimum absolute atomic E-state index is 0.912. The molecule has 0 fully saturated rings. The lowest BCUT2D eigenvalue weighted by Gasteiger charge is -2.30. The Labute approximate surface area is 124 Å². The van der Waals surface area contributed by atoms with Crippen LogP contribution in [0, 0.1) is 0 Å². The highest BCUT2D eigenvalue weighted by molar-refractivity contribution is 5.48. The van der Waals surface area contributed by atoms with Gasteiger partial charge in [-0.3, -0.25) is 9.58 Å². The van der Waals surface area contributed by atoms with Crippen molar-refractivity contribution in [1.82, 2.24) is 29.6 Å². The molecule has 3 rings (SSSR count). The standard InChI is InChI=1S/C14H21N7/c1-19(2)14-12-8-20(7-4-13(12)16-10-17-14)5-3-6-21-11-15-9-18-21/h9-11H,3-8H2,1-2H3. The van der Waals surface area contributed by atoms with Crippen LogP contribution in [0.5, 0.6) is 0 Å². The zero-order valence-corrected chi connectivity index (χ0v) is 12.6. The van der Waals surface area contributed by atoms with Crippen LogP contribution in [0.15, 0.2) is 19.0 Å². The molecule has 3 heterocycles. The van der Waals surface area contributed by atoms with E-state index in [1.54, 1.807) is 19.0 Å². The molecule has 2 aromatic heterocycles. The van der Waals surface area contributed by atoms with Gasteiger partial charge in [0.05, 0.1) is 5.69 Å². The van der Waals surface area contributed by atoms with E-state index in [4.69, 9.17) is 0 Å². The Bertz CT molecular complexity index is 579. The largest absolute Gasteiger partial charge is 0.362 e. The molecule has 0 spiro atoms. The Morgan fingerprint density at radius 1 is 1.19 bits per heavy atom. The maximum Gasteiger partial charge on any atom is 0.137 e. The Morgan fingerprint density at radius 3 is 2.86 bits per heavy atom. The van der Waals surface area contributed by atoms with Crippen molar-refractivity contribution in [2.45, 2.75) is 25.9 Å². The summed E-state index contributed by atoms with van der Waals surface area (Å²) in [6.07, 6.45) is 7.10. The second kappa shape index (κ2) is 6.17. The van der Waals surface area contributed by atoms with Crippen molar-refractivity contribution in [2.24, 2.45) is 0 Å². The lowest BCUT2D eigenvalue weighted by atomic mass is 10.1. The summed E-state index contributed by atoms with van der Waals surface area (Å²) < 4.78 is 1.88. The molecule has 7 heteroatoms. The second-order valence-electron chi connectivity index (χ2n) is 5.56. The van der Waals surface area contributed by atoms with Crippen LogP contribution < -0.4 is 4.90 Å². The minimum atomic E-state index is 0.912. The van der Waals surface area contributed by atoms with Gasteiger partial charge in [0.25, 0.3) is 0 Å². The molecule has 112 valence electrons. The lowest BCUT2D eigenvalue weighted by Crippen LogP contribution is -2.34. The van der Waals surface area contributed by atoms with E-state index in [1.807, 2.05) is 18.8 Å². The number of fused-ring (bicyclic) bond motifs is 1. The molecule has 0 radical (unpaired) electrons. The Kier molecular flexibility index (Phi) is 4.10. The average molecular weight is 287 g/mol. The summed E-state index contributed by atoms with van der Waals surface area (Å²) in [5.74, 6) is 1.04. The molecule has 0 unspecified atom stereocenters. The first-order valence-corrected chi connectivity index (χ1v) is 7.29. The smallest absolute Gasteiger partial charge is 0.137 e. The van der Waals surface area contributed by atoms with Gasteiger partial charge in [0.2, 0.25) is 0 Å². The van der Waals surface area contributed by atoms with Crippen molar-refractivity contribution in [3.8, 4) is 0 Å². The zero-order valence-electron chi connectivity index (χ0n) is 12.6. The first kappa shape index (κ1) is 13.9. The number of aromatic nitrogens is 5. The number of nitrogens with zero attached hydrogens (tertiary/aromatic N) is 7. The zero-order chi connectivity index (χ0) is 14.7. The van der Waals surface area contributed by atoms with Gasteiger partial charge in [-0.15, -0.1) is 0 Å².